The van der Waals surface area contributed by atoms with Crippen molar-refractivity contribution in [1.82, 2.24) is 18.3 Å². The van der Waals surface area contributed by atoms with Gasteiger partial charge in [0.2, 0.25) is 0 Å². The molecule has 0 atom stereocenters. The molecule has 14 aromatic rings. The summed E-state index contributed by atoms with van der Waals surface area (Å²) in [5, 5.41) is 18.0. The van der Waals surface area contributed by atoms with Gasteiger partial charge in [-0.05, 0) is 78.4 Å². The lowest BCUT2D eigenvalue weighted by atomic mass is 9.96. The molecule has 0 unspecified atom stereocenters. The zero-order valence-electron chi connectivity index (χ0n) is 37.2. The van der Waals surface area contributed by atoms with E-state index in [1.165, 1.54) is 12.1 Å². The Morgan fingerprint density at radius 2 is 0.700 bits per heavy atom. The average molecular weight is 908 g/mol. The van der Waals surface area contributed by atoms with Crippen LogP contribution in [0.1, 0.15) is 11.1 Å². The average Bonchev–Trinajstić information content (AvgIpc) is 4.14. The van der Waals surface area contributed by atoms with Crippen LogP contribution in [0.4, 0.5) is 13.2 Å². The van der Waals surface area contributed by atoms with Crippen LogP contribution in [0.3, 0.4) is 0 Å². The number of para-hydroxylation sites is 6. The molecule has 0 saturated heterocycles. The second-order valence-corrected chi connectivity index (χ2v) is 17.9. The Kier molecular flexibility index (Phi) is 8.44. The number of benzene rings is 10. The standard InChI is InChI=1S/C62H36F3N5/c63-62(64,65)40-35-55(69-53-28-13-9-24-45(53)49-32-30-47-43-22-7-11-26-51(43)67(58(47)60(49)69)41-18-3-1-4-19-41)57(39-17-15-16-38(34-39)37-66)56(36-40)70-54-29-14-10-25-46(54)50-33-31-48-44-23-8-12-27-52(44)68(59(48)61(50)70)42-20-5-2-6-21-42/h1-36H. The molecule has 0 spiro atoms. The Hall–Kier alpha value is -9.32. The Bertz CT molecular complexity index is 4270. The summed E-state index contributed by atoms with van der Waals surface area (Å²) in [5.74, 6) is 0. The number of rotatable bonds is 5. The molecule has 0 aliphatic carbocycles. The van der Waals surface area contributed by atoms with Crippen molar-refractivity contribution in [3.05, 3.63) is 230 Å². The summed E-state index contributed by atoms with van der Waals surface area (Å²) in [5.41, 5.74) is 9.89. The molecule has 0 amide bonds. The van der Waals surface area contributed by atoms with Crippen molar-refractivity contribution in [2.75, 3.05) is 0 Å². The monoisotopic (exact) mass is 907 g/mol. The van der Waals surface area contributed by atoms with Gasteiger partial charge in [-0.25, -0.2) is 0 Å². The smallest absolute Gasteiger partial charge is 0.307 e. The lowest BCUT2D eigenvalue weighted by Gasteiger charge is -2.23. The van der Waals surface area contributed by atoms with E-state index in [1.807, 2.05) is 130 Å². The Labute approximate surface area is 397 Å². The second kappa shape index (κ2) is 14.8. The topological polar surface area (TPSA) is 43.5 Å². The summed E-state index contributed by atoms with van der Waals surface area (Å²) < 4.78 is 57.2. The summed E-state index contributed by atoms with van der Waals surface area (Å²) >= 11 is 0. The first kappa shape index (κ1) is 39.8. The molecule has 14 rings (SSSR count). The molecule has 0 aliphatic heterocycles. The van der Waals surface area contributed by atoms with Crippen LogP contribution in [0.25, 0.3) is 121 Å². The van der Waals surface area contributed by atoms with Gasteiger partial charge in [0.25, 0.3) is 0 Å². The highest BCUT2D eigenvalue weighted by molar-refractivity contribution is 6.26. The molecule has 0 radical (unpaired) electrons. The van der Waals surface area contributed by atoms with E-state index in [0.29, 0.717) is 28.1 Å². The lowest BCUT2D eigenvalue weighted by Crippen LogP contribution is -2.11. The molecule has 0 bridgehead atoms. The van der Waals surface area contributed by atoms with Gasteiger partial charge in [0.1, 0.15) is 0 Å². The van der Waals surface area contributed by atoms with Crippen molar-refractivity contribution in [3.63, 3.8) is 0 Å². The molecular formula is C62H36F3N5. The SMILES string of the molecule is N#Cc1cccc(-c2c(-n3c4ccccc4c4ccc5c6ccccc6n(-c6ccccc6)c5c43)cc(C(F)(F)F)cc2-n2c3ccccc3c3ccc4c5ccccc5n(-c5ccccc5)c4c32)c1. The molecule has 0 saturated carbocycles. The van der Waals surface area contributed by atoms with Gasteiger partial charge in [-0.15, -0.1) is 0 Å². The first-order valence-electron chi connectivity index (χ1n) is 23.2. The van der Waals surface area contributed by atoms with Crippen molar-refractivity contribution in [2.45, 2.75) is 6.18 Å². The van der Waals surface area contributed by atoms with Gasteiger partial charge in [0, 0.05) is 60.0 Å². The van der Waals surface area contributed by atoms with E-state index in [-0.39, 0.29) is 0 Å². The number of hydrogen-bond acceptors (Lipinski definition) is 1. The number of nitriles is 1. The van der Waals surface area contributed by atoms with E-state index in [0.717, 1.165) is 98.6 Å². The van der Waals surface area contributed by atoms with Gasteiger partial charge in [-0.3, -0.25) is 0 Å². The molecule has 70 heavy (non-hydrogen) atoms. The number of alkyl halides is 3. The van der Waals surface area contributed by atoms with E-state index < -0.39 is 11.7 Å². The van der Waals surface area contributed by atoms with Crippen LogP contribution in [-0.4, -0.2) is 18.3 Å². The molecule has 0 N–H and O–H groups in total. The predicted octanol–water partition coefficient (Wildman–Crippen LogP) is 16.6. The van der Waals surface area contributed by atoms with Gasteiger partial charge >= 0.3 is 6.18 Å². The maximum Gasteiger partial charge on any atom is 0.416 e. The molecule has 330 valence electrons. The van der Waals surface area contributed by atoms with Gasteiger partial charge in [0.05, 0.1) is 72.7 Å². The van der Waals surface area contributed by atoms with E-state index in [4.69, 9.17) is 0 Å². The van der Waals surface area contributed by atoms with Gasteiger partial charge in [0.15, 0.2) is 0 Å². The van der Waals surface area contributed by atoms with Crippen LogP contribution >= 0.6 is 0 Å². The van der Waals surface area contributed by atoms with Crippen LogP contribution in [0, 0.1) is 11.3 Å². The maximum absolute atomic E-state index is 16.2. The van der Waals surface area contributed by atoms with Crippen molar-refractivity contribution < 1.29 is 13.2 Å². The van der Waals surface area contributed by atoms with Crippen molar-refractivity contribution in [2.24, 2.45) is 0 Å². The van der Waals surface area contributed by atoms with Crippen LogP contribution in [0.2, 0.25) is 0 Å². The third-order valence-electron chi connectivity index (χ3n) is 14.2. The fourth-order valence-electron chi connectivity index (χ4n) is 11.4. The quantitative estimate of drug-likeness (QED) is 0.170. The maximum atomic E-state index is 16.2. The second-order valence-electron chi connectivity index (χ2n) is 17.9. The molecule has 0 aliphatic rings. The number of nitrogens with zero attached hydrogens (tertiary/aromatic N) is 5. The minimum atomic E-state index is -4.77. The predicted molar refractivity (Wildman–Crippen MR) is 279 cm³/mol. The van der Waals surface area contributed by atoms with E-state index in [2.05, 4.69) is 88.0 Å². The van der Waals surface area contributed by atoms with Crippen molar-refractivity contribution in [3.8, 4) is 39.9 Å². The minimum Gasteiger partial charge on any atom is -0.307 e. The molecule has 5 nitrogen and oxygen atoms in total. The zero-order valence-corrected chi connectivity index (χ0v) is 37.2. The van der Waals surface area contributed by atoms with Gasteiger partial charge in [-0.1, -0.05) is 146 Å². The largest absolute Gasteiger partial charge is 0.416 e. The van der Waals surface area contributed by atoms with E-state index >= 15 is 13.2 Å². The van der Waals surface area contributed by atoms with E-state index in [1.54, 1.807) is 12.1 Å². The fraction of sp³-hybridized carbons (Fsp3) is 0.0161. The van der Waals surface area contributed by atoms with Crippen molar-refractivity contribution >= 4 is 87.2 Å². The number of fused-ring (bicyclic) bond motifs is 14. The van der Waals surface area contributed by atoms with Crippen LogP contribution in [-0.2, 0) is 6.18 Å². The Morgan fingerprint density at radius 1 is 0.343 bits per heavy atom. The highest BCUT2D eigenvalue weighted by atomic mass is 19.4. The normalized spacial score (nSPS) is 12.2. The zero-order chi connectivity index (χ0) is 46.8. The summed E-state index contributed by atoms with van der Waals surface area (Å²) in [6.45, 7) is 0. The van der Waals surface area contributed by atoms with Crippen LogP contribution < -0.4 is 0 Å². The summed E-state index contributed by atoms with van der Waals surface area (Å²) in [6.07, 6.45) is -4.77. The van der Waals surface area contributed by atoms with Crippen LogP contribution in [0.15, 0.2) is 218 Å². The number of aromatic nitrogens is 4. The number of halogens is 3. The van der Waals surface area contributed by atoms with Crippen LogP contribution in [0.5, 0.6) is 0 Å². The third-order valence-corrected chi connectivity index (χ3v) is 14.2. The molecule has 4 aromatic heterocycles. The fourth-order valence-corrected chi connectivity index (χ4v) is 11.4. The summed E-state index contributed by atoms with van der Waals surface area (Å²) in [6, 6.07) is 73.4. The van der Waals surface area contributed by atoms with Gasteiger partial charge in [-0.2, -0.15) is 18.4 Å². The molecular weight excluding hydrogens is 872 g/mol. The van der Waals surface area contributed by atoms with Crippen molar-refractivity contribution in [1.29, 1.82) is 5.26 Å². The van der Waals surface area contributed by atoms with E-state index in [9.17, 15) is 5.26 Å². The highest BCUT2D eigenvalue weighted by Crippen LogP contribution is 2.49. The minimum absolute atomic E-state index is 0.324. The highest BCUT2D eigenvalue weighted by Gasteiger charge is 2.35. The molecule has 0 fully saturated rings. The molecule has 8 heteroatoms. The Balaban J connectivity index is 1.25. The molecule has 10 aromatic carbocycles. The summed E-state index contributed by atoms with van der Waals surface area (Å²) in [7, 11) is 0. The third kappa shape index (κ3) is 5.60. The van der Waals surface area contributed by atoms with Gasteiger partial charge < -0.3 is 18.3 Å². The lowest BCUT2D eigenvalue weighted by molar-refractivity contribution is -0.137. The Morgan fingerprint density at radius 3 is 1.09 bits per heavy atom. The summed E-state index contributed by atoms with van der Waals surface area (Å²) in [4.78, 5) is 0. The first-order chi connectivity index (χ1) is 34.4. The number of hydrogen-bond donors (Lipinski definition) is 0. The molecule has 4 heterocycles. The first-order valence-corrected chi connectivity index (χ1v) is 23.2.